The van der Waals surface area contributed by atoms with Crippen LogP contribution in [0.1, 0.15) is 53.2 Å². The Labute approximate surface area is 148 Å². The molecule has 2 nitrogen and oxygen atoms in total. The highest BCUT2D eigenvalue weighted by Crippen LogP contribution is 2.40. The van der Waals surface area contributed by atoms with E-state index in [2.05, 4.69) is 26.0 Å². The third-order valence-corrected chi connectivity index (χ3v) is 5.22. The van der Waals surface area contributed by atoms with Crippen molar-refractivity contribution in [3.8, 4) is 0 Å². The van der Waals surface area contributed by atoms with Crippen LogP contribution in [0.2, 0.25) is 5.02 Å². The van der Waals surface area contributed by atoms with Crippen LogP contribution in [-0.4, -0.2) is 17.0 Å². The van der Waals surface area contributed by atoms with E-state index < -0.39 is 0 Å². The molecule has 0 radical (unpaired) electrons. The molecule has 3 heteroatoms. The van der Waals surface area contributed by atoms with Crippen LogP contribution in [0.15, 0.2) is 42.5 Å². The third kappa shape index (κ3) is 3.40. The number of aryl methyl sites for hydroxylation is 1. The van der Waals surface area contributed by atoms with Gasteiger partial charge in [-0.2, -0.15) is 0 Å². The number of benzene rings is 2. The van der Waals surface area contributed by atoms with Gasteiger partial charge in [0.15, 0.2) is 5.78 Å². The fourth-order valence-corrected chi connectivity index (χ4v) is 4.04. The number of fused-ring (bicyclic) bond motifs is 1. The highest BCUT2D eigenvalue weighted by atomic mass is 35.5. The number of Topliss-reactive ketones (excluding diaryl/α,β-unsaturated/α-hetero) is 1. The van der Waals surface area contributed by atoms with Gasteiger partial charge in [-0.25, -0.2) is 0 Å². The van der Waals surface area contributed by atoms with Crippen LogP contribution in [0.3, 0.4) is 0 Å². The molecular formula is C21H23ClO2. The van der Waals surface area contributed by atoms with Crippen molar-refractivity contribution in [2.45, 2.75) is 45.1 Å². The summed E-state index contributed by atoms with van der Waals surface area (Å²) in [7, 11) is 0. The summed E-state index contributed by atoms with van der Waals surface area (Å²) in [6.07, 6.45) is 1.54. The van der Waals surface area contributed by atoms with Gasteiger partial charge in [0.1, 0.15) is 0 Å². The van der Waals surface area contributed by atoms with E-state index in [1.165, 1.54) is 16.7 Å². The second-order valence-corrected chi connectivity index (χ2v) is 7.40. The summed E-state index contributed by atoms with van der Waals surface area (Å²) in [5.74, 6) is 0.710. The van der Waals surface area contributed by atoms with E-state index in [1.54, 1.807) is 18.2 Å². The number of hydrogen-bond donors (Lipinski definition) is 1. The van der Waals surface area contributed by atoms with E-state index in [4.69, 9.17) is 11.6 Å². The molecule has 0 aromatic heterocycles. The summed E-state index contributed by atoms with van der Waals surface area (Å²) in [6, 6.07) is 13.4. The lowest BCUT2D eigenvalue weighted by Crippen LogP contribution is -2.18. The fraction of sp³-hybridized carbons (Fsp3) is 0.381. The van der Waals surface area contributed by atoms with E-state index in [0.29, 0.717) is 35.8 Å². The van der Waals surface area contributed by atoms with Gasteiger partial charge in [-0.15, -0.1) is 0 Å². The second kappa shape index (κ2) is 7.08. The standard InChI is InChI=1S/C21H23ClO2/c1-13(2)21-17-8-4-5-14(18(17)12-20(21)24)9-10-19(23)15-6-3-7-16(22)11-15/h3-8,11,13,20-21,24H,9-10,12H2,1-2H3/t20-,21+/m0/s1. The topological polar surface area (TPSA) is 37.3 Å². The summed E-state index contributed by atoms with van der Waals surface area (Å²) >= 11 is 5.96. The summed E-state index contributed by atoms with van der Waals surface area (Å²) < 4.78 is 0. The minimum absolute atomic E-state index is 0.106. The number of aliphatic hydroxyl groups excluding tert-OH is 1. The molecule has 126 valence electrons. The third-order valence-electron chi connectivity index (χ3n) is 4.98. The Hall–Kier alpha value is -1.64. The van der Waals surface area contributed by atoms with Crippen LogP contribution in [0, 0.1) is 5.92 Å². The van der Waals surface area contributed by atoms with Crippen molar-refractivity contribution < 1.29 is 9.90 Å². The van der Waals surface area contributed by atoms with Crippen LogP contribution in [0.4, 0.5) is 0 Å². The van der Waals surface area contributed by atoms with Gasteiger partial charge in [0.05, 0.1) is 6.10 Å². The summed E-state index contributed by atoms with van der Waals surface area (Å²) in [6.45, 7) is 4.30. The Balaban J connectivity index is 1.77. The first-order valence-electron chi connectivity index (χ1n) is 8.55. The maximum Gasteiger partial charge on any atom is 0.163 e. The number of aliphatic hydroxyl groups is 1. The highest BCUT2D eigenvalue weighted by Gasteiger charge is 2.34. The van der Waals surface area contributed by atoms with Gasteiger partial charge >= 0.3 is 0 Å². The van der Waals surface area contributed by atoms with Crippen LogP contribution in [0.25, 0.3) is 0 Å². The fourth-order valence-electron chi connectivity index (χ4n) is 3.85. The monoisotopic (exact) mass is 342 g/mol. The molecule has 0 bridgehead atoms. The lowest BCUT2D eigenvalue weighted by Gasteiger charge is -2.19. The molecule has 0 heterocycles. The quantitative estimate of drug-likeness (QED) is 0.791. The maximum absolute atomic E-state index is 12.4. The largest absolute Gasteiger partial charge is 0.392 e. The molecule has 0 amide bonds. The number of rotatable bonds is 5. The first-order chi connectivity index (χ1) is 11.5. The summed E-state index contributed by atoms with van der Waals surface area (Å²) in [4.78, 5) is 12.4. The maximum atomic E-state index is 12.4. The first kappa shape index (κ1) is 17.2. The number of hydrogen-bond acceptors (Lipinski definition) is 2. The van der Waals surface area contributed by atoms with E-state index in [0.717, 1.165) is 0 Å². The molecule has 0 unspecified atom stereocenters. The molecule has 3 rings (SSSR count). The van der Waals surface area contributed by atoms with Gasteiger partial charge in [-0.3, -0.25) is 4.79 Å². The van der Waals surface area contributed by atoms with Crippen molar-refractivity contribution in [1.29, 1.82) is 0 Å². The molecule has 1 N–H and O–H groups in total. The van der Waals surface area contributed by atoms with Gasteiger partial charge in [0, 0.05) is 22.9 Å². The molecule has 0 spiro atoms. The van der Waals surface area contributed by atoms with Crippen molar-refractivity contribution in [3.63, 3.8) is 0 Å². The van der Waals surface area contributed by atoms with Crippen LogP contribution >= 0.6 is 11.6 Å². The number of carbonyl (C=O) groups excluding carboxylic acids is 1. The van der Waals surface area contributed by atoms with Crippen molar-refractivity contribution >= 4 is 17.4 Å². The molecule has 0 saturated heterocycles. The molecule has 2 aromatic rings. The minimum atomic E-state index is -0.315. The van der Waals surface area contributed by atoms with E-state index >= 15 is 0 Å². The zero-order chi connectivity index (χ0) is 17.3. The Morgan fingerprint density at radius 2 is 2.00 bits per heavy atom. The molecular weight excluding hydrogens is 320 g/mol. The second-order valence-electron chi connectivity index (χ2n) is 6.96. The molecule has 2 aromatic carbocycles. The van der Waals surface area contributed by atoms with Crippen molar-refractivity contribution in [1.82, 2.24) is 0 Å². The zero-order valence-electron chi connectivity index (χ0n) is 14.1. The van der Waals surface area contributed by atoms with Crippen LogP contribution < -0.4 is 0 Å². The van der Waals surface area contributed by atoms with Crippen LogP contribution in [0.5, 0.6) is 0 Å². The molecule has 1 aliphatic rings. The van der Waals surface area contributed by atoms with E-state index in [9.17, 15) is 9.90 Å². The number of halogens is 1. The first-order valence-corrected chi connectivity index (χ1v) is 8.92. The molecule has 24 heavy (non-hydrogen) atoms. The normalized spacial score (nSPS) is 19.5. The average molecular weight is 343 g/mol. The Morgan fingerprint density at radius 1 is 1.25 bits per heavy atom. The lowest BCUT2D eigenvalue weighted by molar-refractivity contribution is 0.0983. The molecule has 0 saturated carbocycles. The number of ketones is 1. The van der Waals surface area contributed by atoms with Crippen molar-refractivity contribution in [3.05, 3.63) is 69.7 Å². The Morgan fingerprint density at radius 3 is 2.71 bits per heavy atom. The van der Waals surface area contributed by atoms with E-state index in [-0.39, 0.29) is 17.8 Å². The highest BCUT2D eigenvalue weighted by molar-refractivity contribution is 6.31. The van der Waals surface area contributed by atoms with Gasteiger partial charge < -0.3 is 5.11 Å². The smallest absolute Gasteiger partial charge is 0.163 e. The van der Waals surface area contributed by atoms with Gasteiger partial charge in [0.25, 0.3) is 0 Å². The molecule has 0 aliphatic heterocycles. The molecule has 2 atom stereocenters. The van der Waals surface area contributed by atoms with Gasteiger partial charge in [0.2, 0.25) is 0 Å². The average Bonchev–Trinajstić information content (AvgIpc) is 2.89. The lowest BCUT2D eigenvalue weighted by atomic mass is 9.88. The SMILES string of the molecule is CC(C)[C@@H]1c2cccc(CCC(=O)c3cccc(Cl)c3)c2C[C@@H]1O. The van der Waals surface area contributed by atoms with Crippen LogP contribution in [-0.2, 0) is 12.8 Å². The molecule has 0 fully saturated rings. The van der Waals surface area contributed by atoms with Gasteiger partial charge in [-0.05, 0) is 47.6 Å². The summed E-state index contributed by atoms with van der Waals surface area (Å²) in [5, 5.41) is 11.0. The van der Waals surface area contributed by atoms with Crippen molar-refractivity contribution in [2.75, 3.05) is 0 Å². The predicted molar refractivity (Wildman–Crippen MR) is 97.8 cm³/mol. The minimum Gasteiger partial charge on any atom is -0.392 e. The number of carbonyl (C=O) groups is 1. The Bertz CT molecular complexity index is 751. The van der Waals surface area contributed by atoms with E-state index in [1.807, 2.05) is 12.1 Å². The Kier molecular flexibility index (Phi) is 5.07. The molecule has 1 aliphatic carbocycles. The predicted octanol–water partition coefficient (Wildman–Crippen LogP) is 4.81. The van der Waals surface area contributed by atoms with Gasteiger partial charge in [-0.1, -0.05) is 55.8 Å². The zero-order valence-corrected chi connectivity index (χ0v) is 14.9. The summed E-state index contributed by atoms with van der Waals surface area (Å²) in [5.41, 5.74) is 4.34. The van der Waals surface area contributed by atoms with Crippen molar-refractivity contribution in [2.24, 2.45) is 5.92 Å².